The Morgan fingerprint density at radius 3 is 2.61 bits per heavy atom. The first-order valence-corrected chi connectivity index (χ1v) is 9.60. The Kier molecular flexibility index (Phi) is 4.84. The molecule has 0 aliphatic carbocycles. The molecule has 0 radical (unpaired) electrons. The molecule has 142 valence electrons. The maximum atomic E-state index is 12.5. The van der Waals surface area contributed by atoms with Crippen LogP contribution in [-0.2, 0) is 18.3 Å². The number of benzene rings is 3. The normalized spacial score (nSPS) is 11.3. The minimum atomic E-state index is -0.338. The molecule has 0 fully saturated rings. The Labute approximate surface area is 168 Å². The molecule has 1 aromatic heterocycles. The second-order valence-electron chi connectivity index (χ2n) is 6.68. The van der Waals surface area contributed by atoms with Crippen LogP contribution in [0.25, 0.3) is 32.8 Å². The molecule has 0 unspecified atom stereocenters. The lowest BCUT2D eigenvalue weighted by molar-refractivity contribution is 0.0527. The monoisotopic (exact) mass is 392 g/mol. The van der Waals surface area contributed by atoms with Gasteiger partial charge in [-0.1, -0.05) is 54.1 Å². The van der Waals surface area contributed by atoms with E-state index in [1.54, 1.807) is 6.92 Å². The predicted octanol–water partition coefficient (Wildman–Crippen LogP) is 5.29. The number of nitrogens with zero attached hydrogens (tertiary/aromatic N) is 1. The molecular weight excluding hydrogens is 372 g/mol. The van der Waals surface area contributed by atoms with Crippen LogP contribution in [0.3, 0.4) is 0 Å². The van der Waals surface area contributed by atoms with Crippen LogP contribution in [0.5, 0.6) is 0 Å². The summed E-state index contributed by atoms with van der Waals surface area (Å²) in [6, 6.07) is 18.1. The smallest absolute Gasteiger partial charge is 0.340 e. The summed E-state index contributed by atoms with van der Waals surface area (Å²) in [5.41, 5.74) is 10.3. The van der Waals surface area contributed by atoms with Crippen molar-refractivity contribution < 1.29 is 9.53 Å². The Bertz CT molecular complexity index is 1210. The fourth-order valence-electron chi connectivity index (χ4n) is 3.86. The van der Waals surface area contributed by atoms with Crippen LogP contribution in [-0.4, -0.2) is 17.1 Å². The zero-order valence-corrected chi connectivity index (χ0v) is 16.6. The summed E-state index contributed by atoms with van der Waals surface area (Å²) >= 11 is 6.51. The van der Waals surface area contributed by atoms with Gasteiger partial charge in [0.05, 0.1) is 12.2 Å². The number of ether oxygens (including phenoxy) is 1. The van der Waals surface area contributed by atoms with Gasteiger partial charge < -0.3 is 15.0 Å². The van der Waals surface area contributed by atoms with Crippen LogP contribution >= 0.6 is 11.6 Å². The molecule has 2 N–H and O–H groups in total. The fraction of sp³-hybridized carbons (Fsp3) is 0.174. The third-order valence-corrected chi connectivity index (χ3v) is 5.47. The Balaban J connectivity index is 1.98. The third kappa shape index (κ3) is 2.86. The molecule has 0 amide bonds. The van der Waals surface area contributed by atoms with E-state index >= 15 is 0 Å². The zero-order valence-electron chi connectivity index (χ0n) is 15.8. The fourth-order valence-corrected chi connectivity index (χ4v) is 4.15. The van der Waals surface area contributed by atoms with E-state index in [0.29, 0.717) is 12.2 Å². The average molecular weight is 393 g/mol. The summed E-state index contributed by atoms with van der Waals surface area (Å²) in [6.45, 7) is 2.38. The van der Waals surface area contributed by atoms with Gasteiger partial charge in [-0.3, -0.25) is 0 Å². The summed E-state index contributed by atoms with van der Waals surface area (Å²) in [7, 11) is 1.92. The lowest BCUT2D eigenvalue weighted by Gasteiger charge is -2.09. The first-order chi connectivity index (χ1) is 13.6. The van der Waals surface area contributed by atoms with Crippen molar-refractivity contribution in [3.05, 3.63) is 70.9 Å². The first kappa shape index (κ1) is 18.5. The number of aromatic nitrogens is 1. The predicted molar refractivity (Wildman–Crippen MR) is 115 cm³/mol. The van der Waals surface area contributed by atoms with Gasteiger partial charge in [-0.2, -0.15) is 0 Å². The maximum absolute atomic E-state index is 12.5. The van der Waals surface area contributed by atoms with Crippen molar-refractivity contribution in [2.45, 2.75) is 13.5 Å². The highest BCUT2D eigenvalue weighted by Gasteiger charge is 2.22. The maximum Gasteiger partial charge on any atom is 0.340 e. The largest absolute Gasteiger partial charge is 0.462 e. The Morgan fingerprint density at radius 2 is 1.89 bits per heavy atom. The molecule has 28 heavy (non-hydrogen) atoms. The number of rotatable bonds is 4. The van der Waals surface area contributed by atoms with Gasteiger partial charge in [0.2, 0.25) is 0 Å². The highest BCUT2D eigenvalue weighted by atomic mass is 35.5. The first-order valence-electron chi connectivity index (χ1n) is 9.23. The van der Waals surface area contributed by atoms with Gasteiger partial charge in [-0.15, -0.1) is 0 Å². The van der Waals surface area contributed by atoms with Crippen LogP contribution in [0.2, 0.25) is 5.02 Å². The SMILES string of the molecule is CCOC(=O)c1c(CN)n(C)c2cc(-c3cccc4cccc(Cl)c34)ccc12. The molecule has 3 aromatic carbocycles. The van der Waals surface area contributed by atoms with Crippen LogP contribution in [0, 0.1) is 0 Å². The molecule has 0 atom stereocenters. The highest BCUT2D eigenvalue weighted by Crippen LogP contribution is 2.36. The summed E-state index contributed by atoms with van der Waals surface area (Å²) in [5, 5.41) is 3.67. The molecule has 0 bridgehead atoms. The number of aryl methyl sites for hydroxylation is 1. The number of halogens is 1. The van der Waals surface area contributed by atoms with Gasteiger partial charge in [0.25, 0.3) is 0 Å². The number of carbonyl (C=O) groups is 1. The molecule has 0 saturated carbocycles. The number of carbonyl (C=O) groups excluding carboxylic acids is 1. The van der Waals surface area contributed by atoms with Crippen LogP contribution in [0.1, 0.15) is 23.0 Å². The molecule has 1 heterocycles. The minimum Gasteiger partial charge on any atom is -0.462 e. The van der Waals surface area contributed by atoms with Crippen molar-refractivity contribution in [1.29, 1.82) is 0 Å². The van der Waals surface area contributed by atoms with E-state index in [1.165, 1.54) is 0 Å². The van der Waals surface area contributed by atoms with E-state index in [1.807, 2.05) is 41.9 Å². The molecular formula is C23H21ClN2O2. The van der Waals surface area contributed by atoms with E-state index in [2.05, 4.69) is 24.3 Å². The van der Waals surface area contributed by atoms with Gasteiger partial charge in [0, 0.05) is 40.6 Å². The zero-order chi connectivity index (χ0) is 19.8. The lowest BCUT2D eigenvalue weighted by atomic mass is 9.97. The van der Waals surface area contributed by atoms with E-state index < -0.39 is 0 Å². The summed E-state index contributed by atoms with van der Waals surface area (Å²) < 4.78 is 7.22. The average Bonchev–Trinajstić information content (AvgIpc) is 2.99. The lowest BCUT2D eigenvalue weighted by Crippen LogP contribution is -2.12. The van der Waals surface area contributed by atoms with Gasteiger partial charge in [-0.05, 0) is 35.6 Å². The molecule has 0 saturated heterocycles. The van der Waals surface area contributed by atoms with Crippen molar-refractivity contribution in [1.82, 2.24) is 4.57 Å². The van der Waals surface area contributed by atoms with Crippen molar-refractivity contribution in [2.24, 2.45) is 12.8 Å². The van der Waals surface area contributed by atoms with E-state index in [0.717, 1.165) is 43.5 Å². The quantitative estimate of drug-likeness (QED) is 0.480. The number of esters is 1. The molecule has 4 rings (SSSR count). The summed E-state index contributed by atoms with van der Waals surface area (Å²) in [5.74, 6) is -0.338. The molecule has 0 spiro atoms. The summed E-state index contributed by atoms with van der Waals surface area (Å²) in [4.78, 5) is 12.5. The van der Waals surface area contributed by atoms with Gasteiger partial charge in [0.1, 0.15) is 0 Å². The standard InChI is InChI=1S/C23H21ClN2O2/c1-3-28-23(27)22-17-11-10-15(12-19(17)26(2)20(22)13-25)16-8-4-6-14-7-5-9-18(24)21(14)16/h4-12H,3,13,25H2,1-2H3. The van der Waals surface area contributed by atoms with Gasteiger partial charge >= 0.3 is 5.97 Å². The van der Waals surface area contributed by atoms with E-state index in [-0.39, 0.29) is 12.5 Å². The van der Waals surface area contributed by atoms with Crippen molar-refractivity contribution >= 4 is 39.2 Å². The number of hydrogen-bond donors (Lipinski definition) is 1. The number of hydrogen-bond acceptors (Lipinski definition) is 3. The molecule has 4 aromatic rings. The minimum absolute atomic E-state index is 0.259. The number of nitrogens with two attached hydrogens (primary N) is 1. The van der Waals surface area contributed by atoms with Gasteiger partial charge in [-0.25, -0.2) is 4.79 Å². The molecule has 5 heteroatoms. The van der Waals surface area contributed by atoms with Crippen LogP contribution < -0.4 is 5.73 Å². The van der Waals surface area contributed by atoms with E-state index in [4.69, 9.17) is 22.1 Å². The number of fused-ring (bicyclic) bond motifs is 2. The molecule has 0 aliphatic heterocycles. The Hall–Kier alpha value is -2.82. The second kappa shape index (κ2) is 7.30. The Morgan fingerprint density at radius 1 is 1.14 bits per heavy atom. The summed E-state index contributed by atoms with van der Waals surface area (Å²) in [6.07, 6.45) is 0. The second-order valence-corrected chi connectivity index (χ2v) is 7.09. The van der Waals surface area contributed by atoms with Crippen LogP contribution in [0.15, 0.2) is 54.6 Å². The topological polar surface area (TPSA) is 57.2 Å². The van der Waals surface area contributed by atoms with Crippen molar-refractivity contribution in [2.75, 3.05) is 6.61 Å². The third-order valence-electron chi connectivity index (χ3n) is 5.16. The van der Waals surface area contributed by atoms with Crippen molar-refractivity contribution in [3.8, 4) is 11.1 Å². The van der Waals surface area contributed by atoms with Crippen molar-refractivity contribution in [3.63, 3.8) is 0 Å². The molecule has 4 nitrogen and oxygen atoms in total. The van der Waals surface area contributed by atoms with Crippen LogP contribution in [0.4, 0.5) is 0 Å². The van der Waals surface area contributed by atoms with Gasteiger partial charge in [0.15, 0.2) is 0 Å². The highest BCUT2D eigenvalue weighted by molar-refractivity contribution is 6.36. The molecule has 0 aliphatic rings. The van der Waals surface area contributed by atoms with E-state index in [9.17, 15) is 4.79 Å².